The summed E-state index contributed by atoms with van der Waals surface area (Å²) in [6.07, 6.45) is 4.79. The fourth-order valence-corrected chi connectivity index (χ4v) is 1.29. The first-order valence-corrected chi connectivity index (χ1v) is 5.62. The van der Waals surface area contributed by atoms with E-state index in [0.717, 1.165) is 19.5 Å². The molecule has 0 saturated heterocycles. The summed E-state index contributed by atoms with van der Waals surface area (Å²) in [5.41, 5.74) is 3.81. The number of rotatable bonds is 9. The number of nitrogens with two attached hydrogens (primary N) is 1. The van der Waals surface area contributed by atoms with Crippen LogP contribution in [0.1, 0.15) is 32.6 Å². The average Bonchev–Trinajstić information content (AvgIpc) is 2.15. The van der Waals surface area contributed by atoms with Gasteiger partial charge in [-0.2, -0.15) is 0 Å². The van der Waals surface area contributed by atoms with Crippen LogP contribution in [0.25, 0.3) is 0 Å². The van der Waals surface area contributed by atoms with E-state index >= 15 is 0 Å². The quantitative estimate of drug-likeness (QED) is 0.392. The minimum absolute atomic E-state index is 0.0735. The second-order valence-corrected chi connectivity index (χ2v) is 3.62. The van der Waals surface area contributed by atoms with Gasteiger partial charge in [-0.15, -0.1) is 0 Å². The van der Waals surface area contributed by atoms with Crippen molar-refractivity contribution in [2.45, 2.75) is 32.6 Å². The molecule has 6 N–H and O–H groups in total. The number of hydrogen-bond acceptors (Lipinski definition) is 1. The van der Waals surface area contributed by atoms with Crippen LogP contribution in [0.15, 0.2) is 0 Å². The third kappa shape index (κ3) is 11.4. The van der Waals surface area contributed by atoms with Crippen molar-refractivity contribution in [1.82, 2.24) is 5.32 Å². The van der Waals surface area contributed by atoms with Crippen LogP contribution >= 0.6 is 0 Å². The molecule has 0 aliphatic carbocycles. The number of unbranched alkanes of at least 4 members (excludes halogenated alkanes) is 2. The lowest BCUT2D eigenvalue weighted by molar-refractivity contribution is -0.655. The van der Waals surface area contributed by atoms with Gasteiger partial charge in [0.2, 0.25) is 5.91 Å². The van der Waals surface area contributed by atoms with Crippen molar-refractivity contribution in [2.24, 2.45) is 0 Å². The number of nitrogens with one attached hydrogen (secondary N) is 1. The van der Waals surface area contributed by atoms with E-state index in [1.54, 1.807) is 6.92 Å². The van der Waals surface area contributed by atoms with E-state index in [9.17, 15) is 4.79 Å². The molecule has 0 radical (unpaired) electrons. The van der Waals surface area contributed by atoms with Crippen LogP contribution in [0.4, 0.5) is 0 Å². The van der Waals surface area contributed by atoms with Gasteiger partial charge < -0.3 is 16.4 Å². The van der Waals surface area contributed by atoms with Crippen LogP contribution in [0.2, 0.25) is 0 Å². The Morgan fingerprint density at radius 1 is 1.21 bits per heavy atom. The van der Waals surface area contributed by atoms with E-state index in [-0.39, 0.29) is 5.91 Å². The zero-order valence-corrected chi connectivity index (χ0v) is 9.35. The van der Waals surface area contributed by atoms with E-state index in [2.05, 4.69) is 16.4 Å². The molecule has 0 unspecified atom stereocenters. The van der Waals surface area contributed by atoms with Gasteiger partial charge in [-0.3, -0.25) is 4.79 Å². The zero-order valence-electron chi connectivity index (χ0n) is 9.35. The van der Waals surface area contributed by atoms with E-state index in [1.165, 1.54) is 32.4 Å². The molecule has 4 nitrogen and oxygen atoms in total. The maximum Gasteiger partial charge on any atom is 0.216 e. The molecule has 4 heteroatoms. The first-order valence-electron chi connectivity index (χ1n) is 5.62. The molecule has 0 aromatic carbocycles. The Hall–Kier alpha value is -0.610. The predicted octanol–water partition coefficient (Wildman–Crippen LogP) is -1.51. The topological polar surface area (TPSA) is 73.3 Å². The molecule has 0 aliphatic rings. The molecule has 84 valence electrons. The molecule has 0 aromatic rings. The molecular formula is C10H25N3O+2. The van der Waals surface area contributed by atoms with Crippen molar-refractivity contribution < 1.29 is 15.8 Å². The second kappa shape index (κ2) is 10.5. The maximum absolute atomic E-state index is 10.5. The monoisotopic (exact) mass is 203 g/mol. The normalized spacial score (nSPS) is 10.1. The fraction of sp³-hybridized carbons (Fsp3) is 0.900. The molecule has 0 atom stereocenters. The summed E-state index contributed by atoms with van der Waals surface area (Å²) in [6, 6.07) is 0. The summed E-state index contributed by atoms with van der Waals surface area (Å²) in [7, 11) is 0. The summed E-state index contributed by atoms with van der Waals surface area (Å²) >= 11 is 0. The van der Waals surface area contributed by atoms with E-state index in [1.807, 2.05) is 0 Å². The zero-order chi connectivity index (χ0) is 10.6. The van der Waals surface area contributed by atoms with E-state index in [0.29, 0.717) is 0 Å². The smallest absolute Gasteiger partial charge is 0.216 e. The van der Waals surface area contributed by atoms with Crippen LogP contribution in [0.5, 0.6) is 0 Å². The molecule has 14 heavy (non-hydrogen) atoms. The third-order valence-corrected chi connectivity index (χ3v) is 2.12. The van der Waals surface area contributed by atoms with E-state index in [4.69, 9.17) is 0 Å². The van der Waals surface area contributed by atoms with Gasteiger partial charge >= 0.3 is 0 Å². The molecule has 0 heterocycles. The Labute approximate surface area is 86.6 Å². The Morgan fingerprint density at radius 2 is 1.86 bits per heavy atom. The van der Waals surface area contributed by atoms with Gasteiger partial charge in [-0.1, -0.05) is 0 Å². The molecule has 1 amide bonds. The molecule has 0 fully saturated rings. The molecule has 0 bridgehead atoms. The largest absolute Gasteiger partial charge is 0.358 e. The summed E-state index contributed by atoms with van der Waals surface area (Å²) in [4.78, 5) is 10.5. The Bertz CT molecular complexity index is 139. The summed E-state index contributed by atoms with van der Waals surface area (Å²) in [5, 5.41) is 5.15. The lowest BCUT2D eigenvalue weighted by atomic mass is 10.3. The number of carbonyl (C=O) groups excluding carboxylic acids is 1. The first-order chi connectivity index (χ1) is 6.77. The Kier molecular flexibility index (Phi) is 10.0. The van der Waals surface area contributed by atoms with E-state index < -0.39 is 0 Å². The van der Waals surface area contributed by atoms with Gasteiger partial charge in [0.1, 0.15) is 0 Å². The standard InChI is InChI=1S/C10H23N3O/c1-10(14)13-9-5-4-8-12-7-3-2-6-11/h12H,2-9,11H2,1H3,(H,13,14)/p+2. The van der Waals surface area contributed by atoms with Crippen LogP contribution in [0, 0.1) is 0 Å². The molecule has 0 aromatic heterocycles. The molecule has 0 saturated carbocycles. The lowest BCUT2D eigenvalue weighted by Gasteiger charge is -2.02. The van der Waals surface area contributed by atoms with Crippen molar-refractivity contribution in [3.05, 3.63) is 0 Å². The fourth-order valence-electron chi connectivity index (χ4n) is 1.29. The highest BCUT2D eigenvalue weighted by atomic mass is 16.1. The highest BCUT2D eigenvalue weighted by molar-refractivity contribution is 5.72. The average molecular weight is 203 g/mol. The maximum atomic E-state index is 10.5. The minimum atomic E-state index is 0.0735. The van der Waals surface area contributed by atoms with Gasteiger partial charge in [-0.05, 0) is 12.8 Å². The first kappa shape index (κ1) is 13.4. The Morgan fingerprint density at radius 3 is 2.43 bits per heavy atom. The summed E-state index contributed by atoms with van der Waals surface area (Å²) in [6.45, 7) is 5.83. The van der Waals surface area contributed by atoms with Gasteiger partial charge in [0, 0.05) is 26.3 Å². The highest BCUT2D eigenvalue weighted by Crippen LogP contribution is 1.82. The van der Waals surface area contributed by atoms with Gasteiger partial charge in [0.05, 0.1) is 19.6 Å². The predicted molar refractivity (Wildman–Crippen MR) is 56.6 cm³/mol. The van der Waals surface area contributed by atoms with Crippen LogP contribution in [-0.4, -0.2) is 32.1 Å². The number of amides is 1. The van der Waals surface area contributed by atoms with Crippen LogP contribution in [0.3, 0.4) is 0 Å². The third-order valence-electron chi connectivity index (χ3n) is 2.12. The molecule has 0 spiro atoms. The van der Waals surface area contributed by atoms with Crippen molar-refractivity contribution in [3.8, 4) is 0 Å². The summed E-state index contributed by atoms with van der Waals surface area (Å²) < 4.78 is 0. The van der Waals surface area contributed by atoms with Gasteiger partial charge in [-0.25, -0.2) is 0 Å². The summed E-state index contributed by atoms with van der Waals surface area (Å²) in [5.74, 6) is 0.0735. The van der Waals surface area contributed by atoms with Crippen molar-refractivity contribution in [2.75, 3.05) is 26.2 Å². The number of carbonyl (C=O) groups is 1. The molecular weight excluding hydrogens is 178 g/mol. The highest BCUT2D eigenvalue weighted by Gasteiger charge is 1.94. The SMILES string of the molecule is CC(=O)NCCCC[NH2+]CCCC[NH3+]. The van der Waals surface area contributed by atoms with Gasteiger partial charge in [0.25, 0.3) is 0 Å². The van der Waals surface area contributed by atoms with Gasteiger partial charge in [0.15, 0.2) is 0 Å². The minimum Gasteiger partial charge on any atom is -0.358 e. The molecule has 0 aliphatic heterocycles. The number of quaternary nitrogens is 2. The van der Waals surface area contributed by atoms with Crippen molar-refractivity contribution in [1.29, 1.82) is 0 Å². The lowest BCUT2D eigenvalue weighted by Crippen LogP contribution is -2.84. The number of hydrogen-bond donors (Lipinski definition) is 3. The molecule has 0 rings (SSSR count). The second-order valence-electron chi connectivity index (χ2n) is 3.62. The van der Waals surface area contributed by atoms with Crippen LogP contribution in [-0.2, 0) is 4.79 Å². The Balaban J connectivity index is 2.88. The van der Waals surface area contributed by atoms with Crippen molar-refractivity contribution >= 4 is 5.91 Å². The van der Waals surface area contributed by atoms with Crippen LogP contribution < -0.4 is 16.4 Å². The van der Waals surface area contributed by atoms with Crippen molar-refractivity contribution in [3.63, 3.8) is 0 Å².